The van der Waals surface area contributed by atoms with E-state index in [4.69, 9.17) is 27.4 Å². The molecular formula is C20H20N4O5. The maximum Gasteiger partial charge on any atom is 0.335 e. The number of benzene rings is 2. The first kappa shape index (κ1) is 22.6. The Kier molecular flexibility index (Phi) is 8.85. The van der Waals surface area contributed by atoms with Gasteiger partial charge in [-0.2, -0.15) is 0 Å². The number of carbonyl (C=O) groups is 3. The van der Waals surface area contributed by atoms with E-state index >= 15 is 0 Å². The lowest BCUT2D eigenvalue weighted by molar-refractivity contribution is 0.0686. The number of hydrogen-bond donors (Lipinski definition) is 5. The van der Waals surface area contributed by atoms with Crippen molar-refractivity contribution in [1.82, 2.24) is 4.98 Å². The molecule has 3 rings (SSSR count). The zero-order chi connectivity index (χ0) is 21.8. The Bertz CT molecular complexity index is 887. The number of aromatic nitrogens is 1. The molecule has 0 saturated heterocycles. The Balaban J connectivity index is 0.000000218. The normalized spacial score (nSPS) is 9.10. The maximum absolute atomic E-state index is 10.4. The fourth-order valence-corrected chi connectivity index (χ4v) is 1.77. The van der Waals surface area contributed by atoms with Gasteiger partial charge in [-0.3, -0.25) is 9.78 Å². The Morgan fingerprint density at radius 3 is 1.21 bits per heavy atom. The van der Waals surface area contributed by atoms with E-state index in [9.17, 15) is 14.4 Å². The molecule has 0 radical (unpaired) electrons. The molecule has 0 fully saturated rings. The van der Waals surface area contributed by atoms with Gasteiger partial charge in [-0.1, -0.05) is 0 Å². The number of carboxylic acid groups (broad SMARTS) is 2. The van der Waals surface area contributed by atoms with Crippen LogP contribution in [0.3, 0.4) is 0 Å². The van der Waals surface area contributed by atoms with Crippen molar-refractivity contribution in [3.8, 4) is 0 Å². The molecule has 0 aliphatic carbocycles. The molecule has 0 bridgehead atoms. The summed E-state index contributed by atoms with van der Waals surface area (Å²) in [6.07, 6.45) is 3.06. The average molecular weight is 396 g/mol. The number of anilines is 2. The Hall–Kier alpha value is -4.40. The van der Waals surface area contributed by atoms with Gasteiger partial charge in [0.15, 0.2) is 0 Å². The van der Waals surface area contributed by atoms with E-state index < -0.39 is 17.8 Å². The van der Waals surface area contributed by atoms with Gasteiger partial charge in [0.05, 0.1) is 11.1 Å². The summed E-state index contributed by atoms with van der Waals surface area (Å²) in [7, 11) is 0. The molecule has 0 aliphatic rings. The number of primary amides is 1. The second-order valence-electron chi connectivity index (χ2n) is 5.45. The molecule has 1 aromatic heterocycles. The van der Waals surface area contributed by atoms with Gasteiger partial charge in [0.2, 0.25) is 5.91 Å². The second-order valence-corrected chi connectivity index (χ2v) is 5.45. The first-order valence-corrected chi connectivity index (χ1v) is 8.08. The van der Waals surface area contributed by atoms with Crippen LogP contribution >= 0.6 is 0 Å². The molecule has 0 atom stereocenters. The highest BCUT2D eigenvalue weighted by Crippen LogP contribution is 2.05. The van der Waals surface area contributed by atoms with Gasteiger partial charge in [0, 0.05) is 29.3 Å². The summed E-state index contributed by atoms with van der Waals surface area (Å²) in [6, 6.07) is 15.3. The summed E-state index contributed by atoms with van der Waals surface area (Å²) in [5, 5.41) is 16.9. The number of carboxylic acids is 2. The van der Waals surface area contributed by atoms with Crippen LogP contribution in [0, 0.1) is 0 Å². The molecule has 0 saturated carbocycles. The largest absolute Gasteiger partial charge is 0.478 e. The van der Waals surface area contributed by atoms with Gasteiger partial charge >= 0.3 is 11.9 Å². The zero-order valence-corrected chi connectivity index (χ0v) is 15.2. The van der Waals surface area contributed by atoms with Gasteiger partial charge in [-0.15, -0.1) is 0 Å². The molecule has 29 heavy (non-hydrogen) atoms. The van der Waals surface area contributed by atoms with Gasteiger partial charge in [0.1, 0.15) is 0 Å². The van der Waals surface area contributed by atoms with E-state index in [2.05, 4.69) is 4.98 Å². The minimum absolute atomic E-state index is 0.259. The summed E-state index contributed by atoms with van der Waals surface area (Å²) in [6.45, 7) is 0. The number of pyridine rings is 1. The minimum Gasteiger partial charge on any atom is -0.478 e. The van der Waals surface area contributed by atoms with Crippen LogP contribution in [-0.4, -0.2) is 33.0 Å². The fraction of sp³-hybridized carbons (Fsp3) is 0. The van der Waals surface area contributed by atoms with E-state index in [0.717, 1.165) is 0 Å². The number of rotatable bonds is 3. The molecule has 0 aliphatic heterocycles. The monoisotopic (exact) mass is 396 g/mol. The first-order valence-electron chi connectivity index (χ1n) is 8.08. The van der Waals surface area contributed by atoms with Crippen molar-refractivity contribution >= 4 is 29.2 Å². The second kappa shape index (κ2) is 11.3. The highest BCUT2D eigenvalue weighted by Gasteiger charge is 1.99. The Labute approximate surface area is 166 Å². The van der Waals surface area contributed by atoms with Crippen molar-refractivity contribution in [2.45, 2.75) is 0 Å². The third kappa shape index (κ3) is 8.69. The van der Waals surface area contributed by atoms with Crippen molar-refractivity contribution in [1.29, 1.82) is 0 Å². The molecule has 0 unspecified atom stereocenters. The van der Waals surface area contributed by atoms with Crippen molar-refractivity contribution in [3.63, 3.8) is 0 Å². The van der Waals surface area contributed by atoms with Crippen molar-refractivity contribution in [3.05, 3.63) is 89.7 Å². The smallest absolute Gasteiger partial charge is 0.335 e. The summed E-state index contributed by atoms with van der Waals surface area (Å²) < 4.78 is 0. The first-order chi connectivity index (χ1) is 13.7. The predicted octanol–water partition coefficient (Wildman–Crippen LogP) is 2.11. The third-order valence-corrected chi connectivity index (χ3v) is 3.28. The lowest BCUT2D eigenvalue weighted by atomic mass is 10.2. The van der Waals surface area contributed by atoms with E-state index in [1.54, 1.807) is 36.4 Å². The molecule has 150 valence electrons. The molecule has 3 aromatic rings. The zero-order valence-electron chi connectivity index (χ0n) is 15.2. The van der Waals surface area contributed by atoms with Crippen LogP contribution in [-0.2, 0) is 0 Å². The number of amides is 1. The van der Waals surface area contributed by atoms with Crippen LogP contribution in [0.25, 0.3) is 0 Å². The van der Waals surface area contributed by atoms with Crippen molar-refractivity contribution in [2.75, 3.05) is 11.5 Å². The number of hydrogen-bond acceptors (Lipinski definition) is 6. The summed E-state index contributed by atoms with van der Waals surface area (Å²) in [4.78, 5) is 34.7. The summed E-state index contributed by atoms with van der Waals surface area (Å²) in [5.74, 6) is -2.28. The Morgan fingerprint density at radius 2 is 0.966 bits per heavy atom. The molecule has 2 aromatic carbocycles. The van der Waals surface area contributed by atoms with Crippen LogP contribution in [0.4, 0.5) is 11.4 Å². The average Bonchev–Trinajstić information content (AvgIpc) is 2.70. The molecule has 9 nitrogen and oxygen atoms in total. The summed E-state index contributed by atoms with van der Waals surface area (Å²) >= 11 is 0. The van der Waals surface area contributed by atoms with Gasteiger partial charge < -0.3 is 27.4 Å². The molecule has 0 spiro atoms. The quantitative estimate of drug-likeness (QED) is 0.417. The molecular weight excluding hydrogens is 376 g/mol. The van der Waals surface area contributed by atoms with Crippen molar-refractivity contribution < 1.29 is 24.6 Å². The van der Waals surface area contributed by atoms with Crippen molar-refractivity contribution in [2.24, 2.45) is 5.73 Å². The van der Waals surface area contributed by atoms with E-state index in [1.165, 1.54) is 36.7 Å². The predicted molar refractivity (Wildman–Crippen MR) is 108 cm³/mol. The number of nitrogens with two attached hydrogens (primary N) is 3. The van der Waals surface area contributed by atoms with E-state index in [-0.39, 0.29) is 11.1 Å². The van der Waals surface area contributed by atoms with Crippen LogP contribution in [0.5, 0.6) is 0 Å². The fourth-order valence-electron chi connectivity index (χ4n) is 1.77. The standard InChI is InChI=1S/2C7H7NO2.C6H6N2O/c2*8-6-3-1-5(2-4-6)7(9)10;7-6(9)5-1-3-8-4-2-5/h2*1-4H,8H2,(H,9,10);1-4H,(H2,7,9). The van der Waals surface area contributed by atoms with E-state index in [1.807, 2.05) is 0 Å². The van der Waals surface area contributed by atoms with Gasteiger partial charge in [0.25, 0.3) is 0 Å². The van der Waals surface area contributed by atoms with Crippen LogP contribution < -0.4 is 17.2 Å². The van der Waals surface area contributed by atoms with Gasteiger partial charge in [-0.25, -0.2) is 9.59 Å². The topological polar surface area (TPSA) is 183 Å². The number of nitrogens with zero attached hydrogens (tertiary/aromatic N) is 1. The highest BCUT2D eigenvalue weighted by atomic mass is 16.4. The molecule has 8 N–H and O–H groups in total. The molecule has 1 heterocycles. The maximum atomic E-state index is 10.4. The Morgan fingerprint density at radius 1 is 0.621 bits per heavy atom. The lowest BCUT2D eigenvalue weighted by Crippen LogP contribution is -2.10. The highest BCUT2D eigenvalue weighted by molar-refractivity contribution is 5.92. The summed E-state index contributed by atoms with van der Waals surface area (Å²) in [5.41, 5.74) is 17.8. The van der Waals surface area contributed by atoms with Gasteiger partial charge in [-0.05, 0) is 60.7 Å². The molecule has 1 amide bonds. The lowest BCUT2D eigenvalue weighted by Gasteiger charge is -1.93. The van der Waals surface area contributed by atoms with Crippen LogP contribution in [0.15, 0.2) is 73.1 Å². The number of carbonyl (C=O) groups excluding carboxylic acids is 1. The van der Waals surface area contributed by atoms with Crippen LogP contribution in [0.2, 0.25) is 0 Å². The van der Waals surface area contributed by atoms with E-state index in [0.29, 0.717) is 16.9 Å². The molecule has 9 heteroatoms. The number of aromatic carboxylic acids is 2. The minimum atomic E-state index is -0.931. The third-order valence-electron chi connectivity index (χ3n) is 3.28. The number of nitrogen functional groups attached to an aromatic ring is 2. The SMILES string of the molecule is NC(=O)c1ccncc1.Nc1ccc(C(=O)O)cc1.Nc1ccc(C(=O)O)cc1. The van der Waals surface area contributed by atoms with Crippen LogP contribution in [0.1, 0.15) is 31.1 Å².